The third-order valence-corrected chi connectivity index (χ3v) is 3.01. The fourth-order valence-corrected chi connectivity index (χ4v) is 1.82. The zero-order valence-corrected chi connectivity index (χ0v) is 11.3. The van der Waals surface area contributed by atoms with Crippen molar-refractivity contribution < 1.29 is 4.92 Å². The van der Waals surface area contributed by atoms with Crippen molar-refractivity contribution in [1.29, 1.82) is 0 Å². The van der Waals surface area contributed by atoms with Gasteiger partial charge in [0.05, 0.1) is 28.4 Å². The van der Waals surface area contributed by atoms with Crippen LogP contribution in [0.1, 0.15) is 5.69 Å². The summed E-state index contributed by atoms with van der Waals surface area (Å²) < 4.78 is 1.49. The van der Waals surface area contributed by atoms with E-state index < -0.39 is 16.0 Å². The molecule has 1 N–H and O–H groups in total. The number of aromatic nitrogens is 2. The van der Waals surface area contributed by atoms with Gasteiger partial charge in [-0.1, -0.05) is 11.6 Å². The highest BCUT2D eigenvalue weighted by Crippen LogP contribution is 2.18. The lowest BCUT2D eigenvalue weighted by Gasteiger charge is -2.09. The topological polar surface area (TPSA) is 90.1 Å². The molecule has 0 aliphatic rings. The van der Waals surface area contributed by atoms with Gasteiger partial charge < -0.3 is 9.88 Å². The number of anilines is 1. The van der Waals surface area contributed by atoms with Gasteiger partial charge in [-0.2, -0.15) is 0 Å². The highest BCUT2D eigenvalue weighted by atomic mass is 35.5. The molecule has 0 fully saturated rings. The Labute approximate surface area is 119 Å². The van der Waals surface area contributed by atoms with Gasteiger partial charge in [-0.15, -0.1) is 0 Å². The fourth-order valence-electron chi connectivity index (χ4n) is 1.66. The smallest absolute Gasteiger partial charge is 0.332 e. The molecule has 0 bridgehead atoms. The highest BCUT2D eigenvalue weighted by Gasteiger charge is 2.12. The summed E-state index contributed by atoms with van der Waals surface area (Å²) in [5, 5.41) is 14.1. The first-order chi connectivity index (χ1) is 9.51. The van der Waals surface area contributed by atoms with E-state index in [9.17, 15) is 14.9 Å². The second-order valence-corrected chi connectivity index (χ2v) is 4.41. The predicted molar refractivity (Wildman–Crippen MR) is 75.3 cm³/mol. The van der Waals surface area contributed by atoms with Crippen molar-refractivity contribution >= 4 is 23.1 Å². The summed E-state index contributed by atoms with van der Waals surface area (Å²) in [5.41, 5.74) is -0.556. The van der Waals surface area contributed by atoms with E-state index in [4.69, 9.17) is 11.6 Å². The van der Waals surface area contributed by atoms with Crippen LogP contribution in [-0.4, -0.2) is 21.5 Å². The molecule has 0 amide bonds. The lowest BCUT2D eigenvalue weighted by atomic mass is 10.3. The Morgan fingerprint density at radius 2 is 2.20 bits per heavy atom. The van der Waals surface area contributed by atoms with E-state index in [0.29, 0.717) is 16.5 Å². The van der Waals surface area contributed by atoms with Crippen molar-refractivity contribution in [2.45, 2.75) is 6.54 Å². The maximum absolute atomic E-state index is 11.3. The Kier molecular flexibility index (Phi) is 3.99. The second kappa shape index (κ2) is 5.70. The number of pyridine rings is 2. The van der Waals surface area contributed by atoms with Crippen LogP contribution in [0.15, 0.2) is 35.4 Å². The molecule has 0 saturated carbocycles. The predicted octanol–water partition coefficient (Wildman–Crippen LogP) is 1.89. The van der Waals surface area contributed by atoms with Crippen LogP contribution in [0.3, 0.4) is 0 Å². The summed E-state index contributed by atoms with van der Waals surface area (Å²) in [7, 11) is 1.73. The van der Waals surface area contributed by atoms with Crippen molar-refractivity contribution in [2.75, 3.05) is 12.4 Å². The molecule has 2 aromatic heterocycles. The Bertz CT molecular complexity index is 714. The quantitative estimate of drug-likeness (QED) is 0.687. The molecule has 2 heterocycles. The third-order valence-electron chi connectivity index (χ3n) is 2.66. The number of halogens is 1. The minimum Gasteiger partial charge on any atom is -0.373 e. The number of rotatable bonds is 4. The van der Waals surface area contributed by atoms with Crippen LogP contribution in [0, 0.1) is 10.1 Å². The number of nitrogens with zero attached hydrogens (tertiary/aromatic N) is 3. The molecule has 0 aromatic carbocycles. The Hall–Kier alpha value is -2.41. The van der Waals surface area contributed by atoms with Crippen LogP contribution in [0.25, 0.3) is 0 Å². The highest BCUT2D eigenvalue weighted by molar-refractivity contribution is 6.31. The van der Waals surface area contributed by atoms with Gasteiger partial charge in [-0.25, -0.2) is 4.98 Å². The maximum atomic E-state index is 11.3. The molecule has 0 radical (unpaired) electrons. The summed E-state index contributed by atoms with van der Waals surface area (Å²) in [5.74, 6) is 0.639. The van der Waals surface area contributed by atoms with Gasteiger partial charge in [0, 0.05) is 19.3 Å². The van der Waals surface area contributed by atoms with Gasteiger partial charge >= 0.3 is 5.69 Å². The SMILES string of the molecule is CNc1ccc(Cl)c(Cn2ccc(=O)c([N+](=O)[O-])c2)n1. The van der Waals surface area contributed by atoms with Crippen molar-refractivity contribution in [2.24, 2.45) is 0 Å². The first-order valence-corrected chi connectivity index (χ1v) is 6.06. The number of hydrogen-bond acceptors (Lipinski definition) is 5. The zero-order chi connectivity index (χ0) is 14.7. The molecule has 0 aliphatic carbocycles. The molecule has 0 atom stereocenters. The van der Waals surface area contributed by atoms with E-state index >= 15 is 0 Å². The van der Waals surface area contributed by atoms with Crippen LogP contribution >= 0.6 is 11.6 Å². The minimum absolute atomic E-state index is 0.232. The molecule has 0 saturated heterocycles. The molecule has 104 valence electrons. The summed E-state index contributed by atoms with van der Waals surface area (Å²) in [6.45, 7) is 0.232. The number of hydrogen-bond donors (Lipinski definition) is 1. The lowest BCUT2D eigenvalue weighted by Crippen LogP contribution is -2.12. The average Bonchev–Trinajstić information content (AvgIpc) is 2.43. The van der Waals surface area contributed by atoms with Gasteiger partial charge in [0.1, 0.15) is 5.82 Å². The third kappa shape index (κ3) is 2.94. The molecule has 8 heteroatoms. The molecular formula is C12H11ClN4O3. The van der Waals surface area contributed by atoms with E-state index in [1.807, 2.05) is 0 Å². The molecular weight excluding hydrogens is 284 g/mol. The van der Waals surface area contributed by atoms with E-state index in [0.717, 1.165) is 6.07 Å². The van der Waals surface area contributed by atoms with Crippen molar-refractivity contribution in [3.63, 3.8) is 0 Å². The largest absolute Gasteiger partial charge is 0.373 e. The summed E-state index contributed by atoms with van der Waals surface area (Å²) in [4.78, 5) is 25.6. The fraction of sp³-hybridized carbons (Fsp3) is 0.167. The Balaban J connectivity index is 2.37. The van der Waals surface area contributed by atoms with Crippen LogP contribution in [-0.2, 0) is 6.54 Å². The normalized spacial score (nSPS) is 10.3. The van der Waals surface area contributed by atoms with Gasteiger partial charge in [0.2, 0.25) is 0 Å². The summed E-state index contributed by atoms with van der Waals surface area (Å²) >= 11 is 6.04. The Morgan fingerprint density at radius 3 is 2.85 bits per heavy atom. The first-order valence-electron chi connectivity index (χ1n) is 5.69. The molecule has 0 unspecified atom stereocenters. The van der Waals surface area contributed by atoms with Crippen molar-refractivity contribution in [3.8, 4) is 0 Å². The standard InChI is InChI=1S/C12H11ClN4O3/c1-14-12-3-2-8(13)9(15-12)6-16-5-4-11(18)10(7-16)17(19)20/h2-5,7H,6H2,1H3,(H,14,15). The second-order valence-electron chi connectivity index (χ2n) is 4.00. The Morgan fingerprint density at radius 1 is 1.45 bits per heavy atom. The maximum Gasteiger partial charge on any atom is 0.332 e. The molecule has 2 rings (SSSR count). The zero-order valence-electron chi connectivity index (χ0n) is 10.5. The van der Waals surface area contributed by atoms with E-state index in [2.05, 4.69) is 10.3 Å². The minimum atomic E-state index is -0.710. The van der Waals surface area contributed by atoms with Crippen LogP contribution < -0.4 is 10.7 Å². The van der Waals surface area contributed by atoms with Crippen molar-refractivity contribution in [3.05, 3.63) is 61.6 Å². The summed E-state index contributed by atoms with van der Waals surface area (Å²) in [6.07, 6.45) is 2.63. The lowest BCUT2D eigenvalue weighted by molar-refractivity contribution is -0.386. The van der Waals surface area contributed by atoms with Crippen molar-refractivity contribution in [1.82, 2.24) is 9.55 Å². The van der Waals surface area contributed by atoms with Crippen LogP contribution in [0.5, 0.6) is 0 Å². The van der Waals surface area contributed by atoms with E-state index in [1.54, 1.807) is 19.2 Å². The van der Waals surface area contributed by atoms with Gasteiger partial charge in [-0.3, -0.25) is 14.9 Å². The van der Waals surface area contributed by atoms with E-state index in [1.165, 1.54) is 17.0 Å². The number of nitro groups is 1. The molecule has 7 nitrogen and oxygen atoms in total. The van der Waals surface area contributed by atoms with Gasteiger partial charge in [0.15, 0.2) is 0 Å². The van der Waals surface area contributed by atoms with Crippen LogP contribution in [0.4, 0.5) is 11.5 Å². The molecule has 0 aliphatic heterocycles. The van der Waals surface area contributed by atoms with Gasteiger partial charge in [-0.05, 0) is 12.1 Å². The molecule has 20 heavy (non-hydrogen) atoms. The van der Waals surface area contributed by atoms with E-state index in [-0.39, 0.29) is 6.54 Å². The van der Waals surface area contributed by atoms with Gasteiger partial charge in [0.25, 0.3) is 5.43 Å². The summed E-state index contributed by atoms with van der Waals surface area (Å²) in [6, 6.07) is 4.56. The monoisotopic (exact) mass is 294 g/mol. The first kappa shape index (κ1) is 14.0. The van der Waals surface area contributed by atoms with Crippen LogP contribution in [0.2, 0.25) is 5.02 Å². The molecule has 2 aromatic rings. The number of nitrogens with one attached hydrogen (secondary N) is 1. The molecule has 0 spiro atoms. The average molecular weight is 295 g/mol.